The molecule has 42 heavy (non-hydrogen) atoms. The van der Waals surface area contributed by atoms with Crippen molar-refractivity contribution in [3.05, 3.63) is 83.7 Å². The number of amides is 2. The first kappa shape index (κ1) is 27.0. The third-order valence-corrected chi connectivity index (χ3v) is 7.46. The van der Waals surface area contributed by atoms with E-state index in [9.17, 15) is 9.59 Å². The van der Waals surface area contributed by atoms with Gasteiger partial charge in [0, 0.05) is 45.7 Å². The Morgan fingerprint density at radius 1 is 0.976 bits per heavy atom. The Hall–Kier alpha value is -5.19. The number of tetrazole rings is 1. The van der Waals surface area contributed by atoms with Gasteiger partial charge in [0.15, 0.2) is 0 Å². The molecular weight excluding hydrogens is 530 g/mol. The number of aromatic nitrogens is 6. The fourth-order valence-corrected chi connectivity index (χ4v) is 5.15. The van der Waals surface area contributed by atoms with Crippen LogP contribution in [0.25, 0.3) is 33.5 Å². The van der Waals surface area contributed by atoms with E-state index in [4.69, 9.17) is 4.98 Å². The molecule has 11 heteroatoms. The van der Waals surface area contributed by atoms with Gasteiger partial charge in [-0.25, -0.2) is 9.99 Å². The van der Waals surface area contributed by atoms with E-state index < -0.39 is 0 Å². The fraction of sp³-hybridized carbons (Fsp3) is 0.258. The monoisotopic (exact) mass is 560 g/mol. The van der Waals surface area contributed by atoms with Crippen LogP contribution < -0.4 is 5.10 Å². The van der Waals surface area contributed by atoms with E-state index in [1.807, 2.05) is 36.4 Å². The first-order chi connectivity index (χ1) is 20.4. The number of likely N-dealkylation sites (N-methyl/N-ethyl adjacent to an activating group) is 1. The second kappa shape index (κ2) is 11.4. The summed E-state index contributed by atoms with van der Waals surface area (Å²) in [5, 5.41) is 21.2. The van der Waals surface area contributed by atoms with Crippen LogP contribution in [0.2, 0.25) is 0 Å². The third-order valence-electron chi connectivity index (χ3n) is 7.46. The highest BCUT2D eigenvalue weighted by Crippen LogP contribution is 2.30. The molecule has 2 aromatic heterocycles. The number of aryl methyl sites for hydroxylation is 1. The van der Waals surface area contributed by atoms with Crippen LogP contribution in [0.15, 0.2) is 71.8 Å². The van der Waals surface area contributed by atoms with Gasteiger partial charge in [0.2, 0.25) is 11.8 Å². The molecule has 2 amide bonds. The summed E-state index contributed by atoms with van der Waals surface area (Å²) in [6.07, 6.45) is 1.63. The summed E-state index contributed by atoms with van der Waals surface area (Å²) < 4.78 is 2.23. The first-order valence-electron chi connectivity index (χ1n) is 13.9. The fourth-order valence-electron chi connectivity index (χ4n) is 5.15. The molecule has 6 rings (SSSR count). The second-order valence-electron chi connectivity index (χ2n) is 10.4. The van der Waals surface area contributed by atoms with Gasteiger partial charge in [0.05, 0.1) is 16.7 Å². The number of carbonyl (C=O) groups is 2. The van der Waals surface area contributed by atoms with E-state index >= 15 is 0 Å². The third kappa shape index (κ3) is 5.28. The van der Waals surface area contributed by atoms with Crippen molar-refractivity contribution >= 4 is 28.6 Å². The van der Waals surface area contributed by atoms with Crippen LogP contribution in [-0.2, 0) is 22.6 Å². The highest BCUT2D eigenvalue weighted by atomic mass is 16.2. The summed E-state index contributed by atoms with van der Waals surface area (Å²) in [5.41, 5.74) is 7.70. The Bertz CT molecular complexity index is 1790. The molecule has 1 aliphatic heterocycles. The number of nitrogens with zero attached hydrogens (tertiary/aromatic N) is 9. The van der Waals surface area contributed by atoms with E-state index in [2.05, 4.69) is 67.5 Å². The molecule has 0 N–H and O–H groups in total. The molecule has 0 spiro atoms. The Kier molecular flexibility index (Phi) is 7.30. The number of hydrogen-bond donors (Lipinski definition) is 0. The van der Waals surface area contributed by atoms with E-state index in [0.29, 0.717) is 25.2 Å². The lowest BCUT2D eigenvalue weighted by molar-refractivity contribution is -0.139. The van der Waals surface area contributed by atoms with Crippen molar-refractivity contribution in [1.29, 1.82) is 0 Å². The molecule has 3 aromatic carbocycles. The number of carbonyl (C=O) groups excluding carboxylic acids is 2. The lowest BCUT2D eigenvalue weighted by Crippen LogP contribution is -2.40. The summed E-state index contributed by atoms with van der Waals surface area (Å²) in [6, 6.07) is 22.5. The Labute approximate surface area is 242 Å². The van der Waals surface area contributed by atoms with Gasteiger partial charge in [-0.3, -0.25) is 19.9 Å². The lowest BCUT2D eigenvalue weighted by atomic mass is 9.98. The summed E-state index contributed by atoms with van der Waals surface area (Å²) in [6.45, 7) is 2.69. The minimum absolute atomic E-state index is 0.0660. The average Bonchev–Trinajstić information content (AvgIpc) is 3.67. The van der Waals surface area contributed by atoms with Crippen molar-refractivity contribution in [1.82, 2.24) is 40.1 Å². The number of rotatable bonds is 8. The van der Waals surface area contributed by atoms with Gasteiger partial charge in [-0.1, -0.05) is 61.5 Å². The maximum atomic E-state index is 12.5. The molecule has 11 nitrogen and oxygen atoms in total. The minimum Gasteiger partial charge on any atom is -0.347 e. The van der Waals surface area contributed by atoms with Crippen LogP contribution in [0.5, 0.6) is 0 Å². The average molecular weight is 561 g/mol. The van der Waals surface area contributed by atoms with Crippen LogP contribution in [0.1, 0.15) is 36.7 Å². The smallest absolute Gasteiger partial charge is 0.243 e. The molecule has 0 bridgehead atoms. The van der Waals surface area contributed by atoms with Crippen molar-refractivity contribution in [2.45, 2.75) is 32.7 Å². The van der Waals surface area contributed by atoms with Gasteiger partial charge in [-0.2, -0.15) is 10.3 Å². The maximum absolute atomic E-state index is 12.5. The minimum atomic E-state index is -0.169. The van der Waals surface area contributed by atoms with Crippen LogP contribution in [-0.4, -0.2) is 73.2 Å². The van der Waals surface area contributed by atoms with Crippen molar-refractivity contribution < 1.29 is 9.59 Å². The van der Waals surface area contributed by atoms with Gasteiger partial charge < -0.3 is 14.6 Å². The van der Waals surface area contributed by atoms with Gasteiger partial charge in [0.1, 0.15) is 12.4 Å². The summed E-state index contributed by atoms with van der Waals surface area (Å²) in [7, 11) is 3.34. The molecule has 1 aliphatic rings. The molecule has 0 fully saturated rings. The van der Waals surface area contributed by atoms with Gasteiger partial charge in [-0.05, 0) is 39.9 Å². The number of fused-ring (bicyclic) bond motifs is 1. The van der Waals surface area contributed by atoms with Crippen molar-refractivity contribution in [2.24, 2.45) is 5.10 Å². The highest BCUT2D eigenvalue weighted by Gasteiger charge is 2.24. The number of hydrazone groups is 1. The highest BCUT2D eigenvalue weighted by molar-refractivity contribution is 6.06. The SMILES string of the molecule is CCc1nc2ccc(C3=NN(CC(=O)N(C)C)C(=O)CC3)cc2n1Cc1ccc(-c2ccccc2-c2nnn[n-]2)cc1. The van der Waals surface area contributed by atoms with Crippen LogP contribution in [0, 0.1) is 0 Å². The molecule has 5 aromatic rings. The lowest BCUT2D eigenvalue weighted by Gasteiger charge is -2.24. The van der Waals surface area contributed by atoms with E-state index in [0.717, 1.165) is 56.8 Å². The van der Waals surface area contributed by atoms with Crippen LogP contribution >= 0.6 is 0 Å². The number of hydrogen-bond acceptors (Lipinski definition) is 7. The van der Waals surface area contributed by atoms with E-state index in [1.54, 1.807) is 14.1 Å². The maximum Gasteiger partial charge on any atom is 0.243 e. The van der Waals surface area contributed by atoms with E-state index in [1.165, 1.54) is 9.91 Å². The van der Waals surface area contributed by atoms with Crippen molar-refractivity contribution in [2.75, 3.05) is 20.6 Å². The van der Waals surface area contributed by atoms with Crippen molar-refractivity contribution in [3.8, 4) is 22.5 Å². The Morgan fingerprint density at radius 3 is 2.45 bits per heavy atom. The van der Waals surface area contributed by atoms with E-state index in [-0.39, 0.29) is 18.4 Å². The summed E-state index contributed by atoms with van der Waals surface area (Å²) in [5.74, 6) is 1.18. The zero-order chi connectivity index (χ0) is 29.2. The predicted molar refractivity (Wildman–Crippen MR) is 158 cm³/mol. The predicted octanol–water partition coefficient (Wildman–Crippen LogP) is 3.54. The standard InChI is InChI=1S/C31H30N9O2/c1-4-28-32-26-14-13-22(25-15-16-29(41)40(35-25)19-30(42)38(2)3)17-27(26)39(28)18-20-9-11-21(12-10-20)23-7-5-6-8-24(23)31-33-36-37-34-31/h5-14,17H,4,15-16,18-19H2,1-3H3/q-1. The van der Waals surface area contributed by atoms with Crippen LogP contribution in [0.4, 0.5) is 0 Å². The van der Waals surface area contributed by atoms with Gasteiger partial charge in [-0.15, -0.1) is 0 Å². The topological polar surface area (TPSA) is 124 Å². The molecular formula is C31H30N9O2-. The summed E-state index contributed by atoms with van der Waals surface area (Å²) in [4.78, 5) is 31.0. The van der Waals surface area contributed by atoms with Gasteiger partial charge >= 0.3 is 0 Å². The normalized spacial score (nSPS) is 13.5. The zero-order valence-electron chi connectivity index (χ0n) is 23.7. The Morgan fingerprint density at radius 2 is 1.74 bits per heavy atom. The van der Waals surface area contributed by atoms with Gasteiger partial charge in [0.25, 0.3) is 0 Å². The van der Waals surface area contributed by atoms with Crippen LogP contribution in [0.3, 0.4) is 0 Å². The molecule has 0 unspecified atom stereocenters. The number of imidazole rings is 1. The zero-order valence-corrected chi connectivity index (χ0v) is 23.7. The molecule has 0 atom stereocenters. The van der Waals surface area contributed by atoms with Crippen molar-refractivity contribution in [3.63, 3.8) is 0 Å². The number of benzene rings is 3. The second-order valence-corrected chi connectivity index (χ2v) is 10.4. The molecule has 0 radical (unpaired) electrons. The molecule has 3 heterocycles. The molecule has 0 saturated carbocycles. The molecule has 0 saturated heterocycles. The molecule has 212 valence electrons. The first-order valence-corrected chi connectivity index (χ1v) is 13.9. The Balaban J connectivity index is 1.30. The largest absolute Gasteiger partial charge is 0.347 e. The quantitative estimate of drug-likeness (QED) is 0.284. The summed E-state index contributed by atoms with van der Waals surface area (Å²) >= 11 is 0. The molecule has 0 aliphatic carbocycles.